The molecule has 6 heteroatoms. The molecular formula is C23H29FN3O2+. The lowest BCUT2D eigenvalue weighted by Gasteiger charge is -2.34. The Bertz CT molecular complexity index is 848. The Morgan fingerprint density at radius 2 is 1.93 bits per heavy atom. The molecule has 1 saturated heterocycles. The first-order chi connectivity index (χ1) is 14.1. The number of benzene rings is 2. The summed E-state index contributed by atoms with van der Waals surface area (Å²) < 4.78 is 19.4. The highest BCUT2D eigenvalue weighted by Gasteiger charge is 2.35. The molecule has 29 heavy (non-hydrogen) atoms. The molecule has 1 aliphatic carbocycles. The number of hydrogen-bond donors (Lipinski definition) is 1. The molecule has 1 N–H and O–H groups in total. The second-order valence-electron chi connectivity index (χ2n) is 7.96. The van der Waals surface area contributed by atoms with E-state index in [1.807, 2.05) is 23.1 Å². The van der Waals surface area contributed by atoms with Gasteiger partial charge in [0.1, 0.15) is 11.6 Å². The summed E-state index contributed by atoms with van der Waals surface area (Å²) in [6, 6.07) is 15.1. The maximum Gasteiger partial charge on any atom is 0.278 e. The van der Waals surface area contributed by atoms with E-state index in [1.54, 1.807) is 19.2 Å². The zero-order valence-electron chi connectivity index (χ0n) is 16.9. The van der Waals surface area contributed by atoms with Gasteiger partial charge in [0.25, 0.3) is 5.91 Å². The lowest BCUT2D eigenvalue weighted by atomic mass is 10.2. The van der Waals surface area contributed by atoms with Gasteiger partial charge < -0.3 is 19.4 Å². The van der Waals surface area contributed by atoms with Crippen LogP contribution in [0.3, 0.4) is 0 Å². The summed E-state index contributed by atoms with van der Waals surface area (Å²) in [6.07, 6.45) is 2.05. The molecule has 2 fully saturated rings. The highest BCUT2D eigenvalue weighted by atomic mass is 19.1. The van der Waals surface area contributed by atoms with Gasteiger partial charge in [-0.1, -0.05) is 24.3 Å². The summed E-state index contributed by atoms with van der Waals surface area (Å²) in [5.74, 6) is 0.770. The summed E-state index contributed by atoms with van der Waals surface area (Å²) in [4.78, 5) is 18.5. The molecule has 1 aliphatic heterocycles. The number of ether oxygens (including phenoxy) is 1. The molecule has 154 valence electrons. The van der Waals surface area contributed by atoms with Crippen molar-refractivity contribution in [3.8, 4) is 5.75 Å². The van der Waals surface area contributed by atoms with E-state index in [-0.39, 0.29) is 17.8 Å². The third-order valence-corrected chi connectivity index (χ3v) is 5.90. The van der Waals surface area contributed by atoms with Crippen LogP contribution in [-0.2, 0) is 11.3 Å². The van der Waals surface area contributed by atoms with Crippen LogP contribution in [0.5, 0.6) is 5.75 Å². The van der Waals surface area contributed by atoms with E-state index in [4.69, 9.17) is 4.74 Å². The smallest absolute Gasteiger partial charge is 0.278 e. The Morgan fingerprint density at radius 3 is 2.62 bits per heavy atom. The molecule has 2 aromatic carbocycles. The van der Waals surface area contributed by atoms with E-state index >= 15 is 0 Å². The molecule has 2 aromatic rings. The Morgan fingerprint density at radius 1 is 1.17 bits per heavy atom. The van der Waals surface area contributed by atoms with Gasteiger partial charge in [-0.25, -0.2) is 4.39 Å². The zero-order valence-corrected chi connectivity index (χ0v) is 16.9. The van der Waals surface area contributed by atoms with Gasteiger partial charge in [-0.3, -0.25) is 4.79 Å². The maximum absolute atomic E-state index is 14.1. The first kappa shape index (κ1) is 19.7. The normalized spacial score (nSPS) is 17.2. The first-order valence-electron chi connectivity index (χ1n) is 10.4. The van der Waals surface area contributed by atoms with Gasteiger partial charge in [-0.15, -0.1) is 0 Å². The Balaban J connectivity index is 1.33. The number of rotatable bonds is 7. The lowest BCUT2D eigenvalue weighted by Crippen LogP contribution is -3.15. The van der Waals surface area contributed by atoms with Crippen molar-refractivity contribution in [1.29, 1.82) is 0 Å². The number of anilines is 1. The number of quaternary nitrogens is 1. The average Bonchev–Trinajstić information content (AvgIpc) is 3.59. The van der Waals surface area contributed by atoms with Crippen molar-refractivity contribution in [3.63, 3.8) is 0 Å². The minimum Gasteiger partial charge on any atom is -0.497 e. The van der Waals surface area contributed by atoms with Gasteiger partial charge in [0.15, 0.2) is 6.54 Å². The van der Waals surface area contributed by atoms with Crippen molar-refractivity contribution >= 4 is 11.6 Å². The summed E-state index contributed by atoms with van der Waals surface area (Å²) in [5.41, 5.74) is 1.76. The van der Waals surface area contributed by atoms with Gasteiger partial charge in [-0.2, -0.15) is 0 Å². The maximum atomic E-state index is 14.1. The molecule has 4 rings (SSSR count). The quantitative estimate of drug-likeness (QED) is 0.772. The number of nitrogens with one attached hydrogen (secondary N) is 1. The second kappa shape index (κ2) is 8.82. The van der Waals surface area contributed by atoms with Crippen molar-refractivity contribution in [1.82, 2.24) is 4.90 Å². The van der Waals surface area contributed by atoms with E-state index in [9.17, 15) is 9.18 Å². The number of piperazine rings is 1. The standard InChI is InChI=1S/C23H28FN3O2/c1-29-21-7-4-6-20(15-21)26-13-11-25(12-14-26)17-23(28)27(19-9-10-19)16-18-5-2-3-8-22(18)24/h2-8,15,19H,9-14,16-17H2,1H3/p+1. The van der Waals surface area contributed by atoms with Gasteiger partial charge in [-0.05, 0) is 31.0 Å². The number of halogens is 1. The number of hydrogen-bond acceptors (Lipinski definition) is 3. The monoisotopic (exact) mass is 398 g/mol. The third-order valence-electron chi connectivity index (χ3n) is 5.90. The van der Waals surface area contributed by atoms with Crippen LogP contribution in [0.4, 0.5) is 10.1 Å². The highest BCUT2D eigenvalue weighted by Crippen LogP contribution is 2.28. The Labute approximate surface area is 171 Å². The first-order valence-corrected chi connectivity index (χ1v) is 10.4. The van der Waals surface area contributed by atoms with Gasteiger partial charge in [0.05, 0.1) is 33.3 Å². The second-order valence-corrected chi connectivity index (χ2v) is 7.96. The van der Waals surface area contributed by atoms with Gasteiger partial charge >= 0.3 is 0 Å². The SMILES string of the molecule is COc1cccc(N2CC[NH+](CC(=O)N(Cc3ccccc3F)C3CC3)CC2)c1. The fourth-order valence-corrected chi connectivity index (χ4v) is 4.00. The van der Waals surface area contributed by atoms with Gasteiger partial charge in [0, 0.05) is 29.9 Å². The van der Waals surface area contributed by atoms with E-state index in [2.05, 4.69) is 17.0 Å². The number of methoxy groups -OCH3 is 1. The van der Waals surface area contributed by atoms with Crippen LogP contribution >= 0.6 is 0 Å². The molecular weight excluding hydrogens is 369 g/mol. The molecule has 0 unspecified atom stereocenters. The van der Waals surface area contributed by atoms with Crippen LogP contribution in [0.2, 0.25) is 0 Å². The van der Waals surface area contributed by atoms with Crippen LogP contribution in [0.25, 0.3) is 0 Å². The third kappa shape index (κ3) is 4.88. The molecule has 0 bridgehead atoms. The van der Waals surface area contributed by atoms with E-state index in [0.29, 0.717) is 18.7 Å². The molecule has 5 nitrogen and oxygen atoms in total. The van der Waals surface area contributed by atoms with Crippen molar-refractivity contribution < 1.29 is 18.8 Å². The topological polar surface area (TPSA) is 37.2 Å². The average molecular weight is 399 g/mol. The molecule has 0 spiro atoms. The highest BCUT2D eigenvalue weighted by molar-refractivity contribution is 5.77. The van der Waals surface area contributed by atoms with Crippen molar-refractivity contribution in [2.24, 2.45) is 0 Å². The predicted molar refractivity (Wildman–Crippen MR) is 111 cm³/mol. The minimum atomic E-state index is -0.231. The molecule has 0 aromatic heterocycles. The fraction of sp³-hybridized carbons (Fsp3) is 0.435. The van der Waals surface area contributed by atoms with Crippen LogP contribution < -0.4 is 14.5 Å². The largest absolute Gasteiger partial charge is 0.497 e. The van der Waals surface area contributed by atoms with Crippen molar-refractivity contribution in [2.75, 3.05) is 44.7 Å². The van der Waals surface area contributed by atoms with E-state index in [1.165, 1.54) is 11.0 Å². The molecule has 2 aliphatic rings. The van der Waals surface area contributed by atoms with Crippen LogP contribution in [0, 0.1) is 5.82 Å². The number of carbonyl (C=O) groups is 1. The summed E-state index contributed by atoms with van der Waals surface area (Å²) in [7, 11) is 1.68. The molecule has 1 amide bonds. The number of amides is 1. The predicted octanol–water partition coefficient (Wildman–Crippen LogP) is 1.73. The Kier molecular flexibility index (Phi) is 6.00. The molecule has 0 radical (unpaired) electrons. The van der Waals surface area contributed by atoms with E-state index < -0.39 is 0 Å². The lowest BCUT2D eigenvalue weighted by molar-refractivity contribution is -0.892. The van der Waals surface area contributed by atoms with Crippen LogP contribution in [0.1, 0.15) is 18.4 Å². The van der Waals surface area contributed by atoms with Crippen molar-refractivity contribution in [3.05, 3.63) is 59.9 Å². The van der Waals surface area contributed by atoms with Crippen molar-refractivity contribution in [2.45, 2.75) is 25.4 Å². The molecule has 1 heterocycles. The van der Waals surface area contributed by atoms with E-state index in [0.717, 1.165) is 50.5 Å². The summed E-state index contributed by atoms with van der Waals surface area (Å²) >= 11 is 0. The molecule has 1 saturated carbocycles. The Hall–Kier alpha value is -2.60. The summed E-state index contributed by atoms with van der Waals surface area (Å²) in [6.45, 7) is 4.51. The minimum absolute atomic E-state index is 0.139. The van der Waals surface area contributed by atoms with Gasteiger partial charge in [0.2, 0.25) is 0 Å². The van der Waals surface area contributed by atoms with Crippen LogP contribution in [0.15, 0.2) is 48.5 Å². The van der Waals surface area contributed by atoms with Crippen LogP contribution in [-0.4, -0.2) is 56.7 Å². The fourth-order valence-electron chi connectivity index (χ4n) is 4.00. The number of nitrogens with zero attached hydrogens (tertiary/aromatic N) is 2. The molecule has 0 atom stereocenters. The summed E-state index contributed by atoms with van der Waals surface area (Å²) in [5, 5.41) is 0. The number of carbonyl (C=O) groups excluding carboxylic acids is 1. The zero-order chi connectivity index (χ0) is 20.2.